The van der Waals surface area contributed by atoms with Crippen LogP contribution in [0, 0.1) is 11.8 Å². The van der Waals surface area contributed by atoms with Crippen LogP contribution in [0.2, 0.25) is 0 Å². The Kier molecular flexibility index (Phi) is 5.81. The molecule has 1 N–H and O–H groups in total. The minimum atomic E-state index is -0.591. The van der Waals surface area contributed by atoms with Crippen LogP contribution in [-0.4, -0.2) is 49.7 Å². The first-order valence-electron chi connectivity index (χ1n) is 7.33. The summed E-state index contributed by atoms with van der Waals surface area (Å²) in [6.45, 7) is 10.4. The van der Waals surface area contributed by atoms with Gasteiger partial charge in [0.25, 0.3) is 0 Å². The van der Waals surface area contributed by atoms with E-state index in [2.05, 4.69) is 38.0 Å². The lowest BCUT2D eigenvalue weighted by molar-refractivity contribution is -0.148. The van der Waals surface area contributed by atoms with Crippen LogP contribution in [0.25, 0.3) is 0 Å². The fourth-order valence-corrected chi connectivity index (χ4v) is 2.66. The maximum atomic E-state index is 12.0. The number of carbonyl (C=O) groups is 1. The van der Waals surface area contributed by atoms with Crippen molar-refractivity contribution in [1.82, 2.24) is 10.2 Å². The molecule has 3 unspecified atom stereocenters. The van der Waals surface area contributed by atoms with Crippen molar-refractivity contribution in [3.05, 3.63) is 0 Å². The van der Waals surface area contributed by atoms with Crippen molar-refractivity contribution < 1.29 is 9.53 Å². The van der Waals surface area contributed by atoms with Crippen LogP contribution in [0.15, 0.2) is 0 Å². The highest BCUT2D eigenvalue weighted by molar-refractivity contribution is 5.80. The number of ether oxygens (including phenoxy) is 1. The fraction of sp³-hybridized carbons (Fsp3) is 0.933. The monoisotopic (exact) mass is 270 g/mol. The van der Waals surface area contributed by atoms with Gasteiger partial charge in [-0.1, -0.05) is 6.92 Å². The van der Waals surface area contributed by atoms with E-state index in [1.54, 1.807) is 0 Å². The van der Waals surface area contributed by atoms with Crippen molar-refractivity contribution in [2.45, 2.75) is 52.1 Å². The van der Waals surface area contributed by atoms with E-state index in [9.17, 15) is 4.79 Å². The van der Waals surface area contributed by atoms with Gasteiger partial charge in [-0.15, -0.1) is 0 Å². The van der Waals surface area contributed by atoms with E-state index in [0.717, 1.165) is 31.3 Å². The van der Waals surface area contributed by atoms with Gasteiger partial charge in [-0.3, -0.25) is 10.1 Å². The predicted molar refractivity (Wildman–Crippen MR) is 78.1 cm³/mol. The van der Waals surface area contributed by atoms with Gasteiger partial charge in [0.2, 0.25) is 0 Å². The molecule has 0 bridgehead atoms. The van der Waals surface area contributed by atoms with Crippen LogP contribution in [-0.2, 0) is 9.53 Å². The van der Waals surface area contributed by atoms with Crippen LogP contribution in [0.1, 0.15) is 40.5 Å². The van der Waals surface area contributed by atoms with Crippen LogP contribution < -0.4 is 5.32 Å². The Hall–Kier alpha value is -0.610. The van der Waals surface area contributed by atoms with Gasteiger partial charge in [-0.2, -0.15) is 0 Å². The number of esters is 1. The molecule has 4 heteroatoms. The van der Waals surface area contributed by atoms with Gasteiger partial charge in [0.1, 0.15) is 5.54 Å². The maximum Gasteiger partial charge on any atom is 0.325 e. The van der Waals surface area contributed by atoms with E-state index < -0.39 is 5.54 Å². The van der Waals surface area contributed by atoms with Crippen LogP contribution in [0.5, 0.6) is 0 Å². The Bertz CT molecular complexity index is 307. The highest BCUT2D eigenvalue weighted by Crippen LogP contribution is 2.38. The molecule has 0 saturated heterocycles. The summed E-state index contributed by atoms with van der Waals surface area (Å²) >= 11 is 0. The Morgan fingerprint density at radius 2 is 2.11 bits per heavy atom. The van der Waals surface area contributed by atoms with Crippen LogP contribution in [0.3, 0.4) is 0 Å². The molecular formula is C15H30N2O2. The first-order chi connectivity index (χ1) is 8.78. The second-order valence-electron chi connectivity index (χ2n) is 6.61. The van der Waals surface area contributed by atoms with Gasteiger partial charge in [0.15, 0.2) is 0 Å². The van der Waals surface area contributed by atoms with Crippen molar-refractivity contribution in [1.29, 1.82) is 0 Å². The standard InChI is InChI=1S/C15H30N2O2/c1-11(2)16-15(4,14(18)19-6)7-8-17(5)10-13-9-12(13)3/h11-13,16H,7-10H2,1-6H3. The molecule has 0 spiro atoms. The van der Waals surface area contributed by atoms with Gasteiger partial charge >= 0.3 is 5.97 Å². The maximum absolute atomic E-state index is 12.0. The van der Waals surface area contributed by atoms with E-state index in [4.69, 9.17) is 4.74 Å². The van der Waals surface area contributed by atoms with Crippen molar-refractivity contribution in [3.63, 3.8) is 0 Å². The number of rotatable bonds is 8. The third-order valence-electron chi connectivity index (χ3n) is 4.06. The molecule has 3 atom stereocenters. The number of hydrogen-bond donors (Lipinski definition) is 1. The molecule has 0 heterocycles. The zero-order valence-electron chi connectivity index (χ0n) is 13.3. The summed E-state index contributed by atoms with van der Waals surface area (Å²) in [6, 6.07) is 0.262. The summed E-state index contributed by atoms with van der Waals surface area (Å²) in [7, 11) is 3.59. The Morgan fingerprint density at radius 1 is 1.53 bits per heavy atom. The van der Waals surface area contributed by atoms with E-state index in [0.29, 0.717) is 0 Å². The number of nitrogens with zero attached hydrogens (tertiary/aromatic N) is 1. The molecule has 0 radical (unpaired) electrons. The van der Waals surface area contributed by atoms with Gasteiger partial charge in [-0.25, -0.2) is 0 Å². The Morgan fingerprint density at radius 3 is 2.53 bits per heavy atom. The number of methoxy groups -OCH3 is 1. The van der Waals surface area contributed by atoms with Crippen LogP contribution in [0.4, 0.5) is 0 Å². The second-order valence-corrected chi connectivity index (χ2v) is 6.61. The van der Waals surface area contributed by atoms with E-state index >= 15 is 0 Å². The molecule has 0 aromatic carbocycles. The van der Waals surface area contributed by atoms with Crippen molar-refractivity contribution in [3.8, 4) is 0 Å². The molecule has 0 aromatic rings. The zero-order valence-corrected chi connectivity index (χ0v) is 13.3. The average Bonchev–Trinajstić information content (AvgIpc) is 3.00. The molecule has 112 valence electrons. The van der Waals surface area contributed by atoms with Crippen molar-refractivity contribution in [2.75, 3.05) is 27.2 Å². The number of carbonyl (C=O) groups excluding carboxylic acids is 1. The third kappa shape index (κ3) is 5.11. The Balaban J connectivity index is 2.45. The molecule has 1 fully saturated rings. The molecular weight excluding hydrogens is 240 g/mol. The van der Waals surface area contributed by atoms with E-state index in [1.165, 1.54) is 13.5 Å². The predicted octanol–water partition coefficient (Wildman–Crippen LogP) is 1.89. The summed E-state index contributed by atoms with van der Waals surface area (Å²) in [5, 5.41) is 3.34. The SMILES string of the molecule is COC(=O)C(C)(CCN(C)CC1CC1C)NC(C)C. The molecule has 1 rings (SSSR count). The molecule has 4 nitrogen and oxygen atoms in total. The highest BCUT2D eigenvalue weighted by Gasteiger charge is 2.36. The molecule has 0 aromatic heterocycles. The summed E-state index contributed by atoms with van der Waals surface area (Å²) in [4.78, 5) is 14.3. The van der Waals surface area contributed by atoms with Gasteiger partial charge in [0, 0.05) is 19.1 Å². The molecule has 1 aliphatic rings. The highest BCUT2D eigenvalue weighted by atomic mass is 16.5. The topological polar surface area (TPSA) is 41.6 Å². The minimum absolute atomic E-state index is 0.172. The first kappa shape index (κ1) is 16.4. The Labute approximate surface area is 117 Å². The zero-order chi connectivity index (χ0) is 14.6. The van der Waals surface area contributed by atoms with E-state index in [-0.39, 0.29) is 12.0 Å². The van der Waals surface area contributed by atoms with Gasteiger partial charge in [-0.05, 0) is 52.5 Å². The molecule has 0 aliphatic heterocycles. The fourth-order valence-electron chi connectivity index (χ4n) is 2.66. The van der Waals surface area contributed by atoms with E-state index in [1.807, 2.05) is 6.92 Å². The minimum Gasteiger partial charge on any atom is -0.468 e. The summed E-state index contributed by atoms with van der Waals surface area (Å²) < 4.78 is 4.94. The quantitative estimate of drug-likeness (QED) is 0.684. The third-order valence-corrected chi connectivity index (χ3v) is 4.06. The van der Waals surface area contributed by atoms with Crippen molar-refractivity contribution >= 4 is 5.97 Å². The molecule has 19 heavy (non-hydrogen) atoms. The number of hydrogen-bond acceptors (Lipinski definition) is 4. The smallest absolute Gasteiger partial charge is 0.325 e. The molecule has 1 saturated carbocycles. The molecule has 1 aliphatic carbocycles. The van der Waals surface area contributed by atoms with Gasteiger partial charge in [0.05, 0.1) is 7.11 Å². The molecule has 0 amide bonds. The number of nitrogens with one attached hydrogen (secondary N) is 1. The average molecular weight is 270 g/mol. The first-order valence-corrected chi connectivity index (χ1v) is 7.33. The lowest BCUT2D eigenvalue weighted by Gasteiger charge is -2.32. The second kappa shape index (κ2) is 6.71. The lowest BCUT2D eigenvalue weighted by atomic mass is 9.96. The summed E-state index contributed by atoms with van der Waals surface area (Å²) in [5.74, 6) is 1.56. The van der Waals surface area contributed by atoms with Crippen LogP contribution >= 0.6 is 0 Å². The summed E-state index contributed by atoms with van der Waals surface area (Å²) in [6.07, 6.45) is 2.12. The summed E-state index contributed by atoms with van der Waals surface area (Å²) in [5.41, 5.74) is -0.591. The van der Waals surface area contributed by atoms with Gasteiger partial charge < -0.3 is 9.64 Å². The lowest BCUT2D eigenvalue weighted by Crippen LogP contribution is -2.54. The largest absolute Gasteiger partial charge is 0.468 e. The van der Waals surface area contributed by atoms with Crippen molar-refractivity contribution in [2.24, 2.45) is 11.8 Å². The normalized spacial score (nSPS) is 25.5.